The van der Waals surface area contributed by atoms with E-state index in [1.807, 2.05) is 37.3 Å². The van der Waals surface area contributed by atoms with Crippen LogP contribution in [-0.4, -0.2) is 42.7 Å². The second-order valence-electron chi connectivity index (χ2n) is 11.0. The first-order valence-corrected chi connectivity index (χ1v) is 15.8. The molecule has 3 aromatic carbocycles. The minimum atomic E-state index is -3.08. The molecule has 1 aromatic heterocycles. The number of carboxylic acid groups (broad SMARTS) is 1. The molecule has 0 saturated carbocycles. The summed E-state index contributed by atoms with van der Waals surface area (Å²) in [6.45, 7) is 7.19. The molecule has 4 aromatic rings. The van der Waals surface area contributed by atoms with E-state index in [0.29, 0.717) is 31.9 Å². The summed E-state index contributed by atoms with van der Waals surface area (Å²) in [5.74, 6) is -1.05. The maximum Gasteiger partial charge on any atom is 0.306 e. The number of nitrogens with zero attached hydrogens (tertiary/aromatic N) is 1. The number of aryl methyl sites for hydroxylation is 1. The van der Waals surface area contributed by atoms with Crippen molar-refractivity contribution in [3.05, 3.63) is 82.8 Å². The first kappa shape index (κ1) is 28.7. The van der Waals surface area contributed by atoms with Crippen LogP contribution in [0, 0.1) is 25.6 Å². The van der Waals surface area contributed by atoms with Crippen LogP contribution in [0.5, 0.6) is 5.75 Å². The van der Waals surface area contributed by atoms with Crippen LogP contribution in [0.4, 0.5) is 10.1 Å². The van der Waals surface area contributed by atoms with E-state index in [9.17, 15) is 22.7 Å². The fourth-order valence-corrected chi connectivity index (χ4v) is 6.49. The summed E-state index contributed by atoms with van der Waals surface area (Å²) in [7, 11) is -3.08. The molecule has 1 aliphatic rings. The molecule has 216 valence electrons. The number of nitrogens with one attached hydrogen (secondary N) is 1. The van der Waals surface area contributed by atoms with Crippen LogP contribution in [0.25, 0.3) is 22.0 Å². The van der Waals surface area contributed by atoms with Gasteiger partial charge in [-0.3, -0.25) is 4.79 Å². The van der Waals surface area contributed by atoms with Crippen molar-refractivity contribution in [2.75, 3.05) is 23.9 Å². The lowest BCUT2D eigenvalue weighted by Gasteiger charge is -2.15. The average molecular weight is 579 g/mol. The van der Waals surface area contributed by atoms with Gasteiger partial charge in [0.25, 0.3) is 0 Å². The second-order valence-corrected chi connectivity index (χ2v) is 13.3. The number of hydrogen-bond donors (Lipinski definition) is 2. The monoisotopic (exact) mass is 578 g/mol. The Morgan fingerprint density at radius 1 is 1.17 bits per heavy atom. The normalized spacial score (nSPS) is 15.5. The third-order valence-corrected chi connectivity index (χ3v) is 9.24. The molecule has 2 N–H and O–H groups in total. The number of rotatable bonds is 10. The zero-order valence-corrected chi connectivity index (χ0v) is 24.5. The molecule has 0 amide bonds. The van der Waals surface area contributed by atoms with E-state index in [0.717, 1.165) is 50.1 Å². The van der Waals surface area contributed by atoms with Crippen molar-refractivity contribution in [2.45, 2.75) is 46.2 Å². The van der Waals surface area contributed by atoms with Gasteiger partial charge in [0.15, 0.2) is 0 Å². The summed E-state index contributed by atoms with van der Waals surface area (Å²) >= 11 is 0. The molecule has 0 spiro atoms. The molecule has 1 unspecified atom stereocenters. The van der Waals surface area contributed by atoms with Gasteiger partial charge < -0.3 is 19.7 Å². The number of aliphatic carboxylic acids is 1. The van der Waals surface area contributed by atoms with Gasteiger partial charge in [-0.1, -0.05) is 31.2 Å². The summed E-state index contributed by atoms with van der Waals surface area (Å²) in [5.41, 5.74) is 7.73. The van der Waals surface area contributed by atoms with Crippen molar-refractivity contribution in [2.24, 2.45) is 5.92 Å². The standard InChI is InChI=1S/C32H35FN2O5S/c1-19-22(17-34-24-10-11-26-28(20(2)32(36)37)18-40-30(26)16-24)7-5-8-25(19)31-21(3)35(13-6-14-41(4,38)39)29-12-9-23(33)15-27(29)31/h5,7-12,15-16,20,28,34H,6,13-14,17-18H2,1-4H3,(H,36,37)/t20?,28-/m0/s1. The van der Waals surface area contributed by atoms with E-state index >= 15 is 0 Å². The van der Waals surface area contributed by atoms with Gasteiger partial charge in [-0.15, -0.1) is 0 Å². The quantitative estimate of drug-likeness (QED) is 0.229. The Kier molecular flexibility index (Phi) is 7.83. The molecule has 0 bridgehead atoms. The van der Waals surface area contributed by atoms with E-state index in [2.05, 4.69) is 22.9 Å². The predicted molar refractivity (Wildman–Crippen MR) is 160 cm³/mol. The molecule has 1 aliphatic heterocycles. The Bertz CT molecular complexity index is 1740. The fourth-order valence-electron chi connectivity index (χ4n) is 5.84. The summed E-state index contributed by atoms with van der Waals surface area (Å²) in [6.07, 6.45) is 1.72. The maximum absolute atomic E-state index is 14.4. The van der Waals surface area contributed by atoms with Gasteiger partial charge in [0, 0.05) is 64.7 Å². The van der Waals surface area contributed by atoms with E-state index < -0.39 is 21.7 Å². The van der Waals surface area contributed by atoms with Crippen LogP contribution in [0.1, 0.15) is 41.6 Å². The molecular formula is C32H35FN2O5S. The minimum absolute atomic E-state index is 0.0931. The Morgan fingerprint density at radius 2 is 1.95 bits per heavy atom. The highest BCUT2D eigenvalue weighted by Gasteiger charge is 2.33. The maximum atomic E-state index is 14.4. The van der Waals surface area contributed by atoms with E-state index in [1.54, 1.807) is 19.1 Å². The Labute approximate surface area is 239 Å². The van der Waals surface area contributed by atoms with Gasteiger partial charge in [0.2, 0.25) is 0 Å². The summed E-state index contributed by atoms with van der Waals surface area (Å²) in [4.78, 5) is 11.5. The highest BCUT2D eigenvalue weighted by Crippen LogP contribution is 2.41. The molecule has 41 heavy (non-hydrogen) atoms. The lowest BCUT2D eigenvalue weighted by atomic mass is 9.89. The van der Waals surface area contributed by atoms with Crippen molar-refractivity contribution < 1.29 is 27.4 Å². The average Bonchev–Trinajstić information content (AvgIpc) is 3.45. The van der Waals surface area contributed by atoms with Crippen molar-refractivity contribution >= 4 is 32.4 Å². The smallest absolute Gasteiger partial charge is 0.306 e. The molecule has 7 nitrogen and oxygen atoms in total. The molecule has 2 heterocycles. The number of sulfone groups is 1. The number of benzene rings is 3. The van der Waals surface area contributed by atoms with Gasteiger partial charge in [0.1, 0.15) is 21.4 Å². The first-order chi connectivity index (χ1) is 19.4. The van der Waals surface area contributed by atoms with Crippen LogP contribution < -0.4 is 10.1 Å². The topological polar surface area (TPSA) is 97.6 Å². The molecule has 0 aliphatic carbocycles. The Balaban J connectivity index is 1.42. The summed E-state index contributed by atoms with van der Waals surface area (Å²) in [5, 5.41) is 13.7. The number of carboxylic acids is 1. The number of fused-ring (bicyclic) bond motifs is 2. The van der Waals surface area contributed by atoms with Crippen molar-refractivity contribution in [1.82, 2.24) is 4.57 Å². The van der Waals surface area contributed by atoms with Crippen LogP contribution >= 0.6 is 0 Å². The molecule has 0 fully saturated rings. The summed E-state index contributed by atoms with van der Waals surface area (Å²) < 4.78 is 45.8. The molecule has 5 rings (SSSR count). The number of aromatic nitrogens is 1. The van der Waals surface area contributed by atoms with Crippen LogP contribution in [-0.2, 0) is 27.7 Å². The van der Waals surface area contributed by atoms with E-state index in [4.69, 9.17) is 4.74 Å². The highest BCUT2D eigenvalue weighted by atomic mass is 32.2. The SMILES string of the molecule is Cc1c(CNc2ccc3c(c2)OC[C@H]3C(C)C(=O)O)cccc1-c1c(C)n(CCCS(C)(=O)=O)c2ccc(F)cc12. The molecule has 9 heteroatoms. The van der Waals surface area contributed by atoms with Gasteiger partial charge in [-0.25, -0.2) is 12.8 Å². The molecule has 0 radical (unpaired) electrons. The largest absolute Gasteiger partial charge is 0.493 e. The first-order valence-electron chi connectivity index (χ1n) is 13.7. The Hall–Kier alpha value is -3.85. The fraction of sp³-hybridized carbons (Fsp3) is 0.344. The third-order valence-electron chi connectivity index (χ3n) is 8.21. The lowest BCUT2D eigenvalue weighted by molar-refractivity contribution is -0.142. The van der Waals surface area contributed by atoms with Gasteiger partial charge in [0.05, 0.1) is 18.3 Å². The zero-order chi connectivity index (χ0) is 29.5. The third kappa shape index (κ3) is 5.81. The highest BCUT2D eigenvalue weighted by molar-refractivity contribution is 7.90. The lowest BCUT2D eigenvalue weighted by Crippen LogP contribution is -2.19. The second kappa shape index (κ2) is 11.2. The van der Waals surface area contributed by atoms with Crippen LogP contribution in [0.3, 0.4) is 0 Å². The minimum Gasteiger partial charge on any atom is -0.493 e. The van der Waals surface area contributed by atoms with Gasteiger partial charge in [-0.05, 0) is 61.2 Å². The number of halogens is 1. The summed E-state index contributed by atoms with van der Waals surface area (Å²) in [6, 6.07) is 16.7. The van der Waals surface area contributed by atoms with Gasteiger partial charge >= 0.3 is 5.97 Å². The molecule has 2 atom stereocenters. The van der Waals surface area contributed by atoms with E-state index in [-0.39, 0.29) is 17.5 Å². The zero-order valence-electron chi connectivity index (χ0n) is 23.7. The number of carbonyl (C=O) groups is 1. The Morgan fingerprint density at radius 3 is 2.68 bits per heavy atom. The van der Waals surface area contributed by atoms with Crippen LogP contribution in [0.2, 0.25) is 0 Å². The predicted octanol–water partition coefficient (Wildman–Crippen LogP) is 6.31. The van der Waals surface area contributed by atoms with E-state index in [1.165, 1.54) is 12.3 Å². The number of hydrogen-bond acceptors (Lipinski definition) is 5. The molecule has 0 saturated heterocycles. The van der Waals surface area contributed by atoms with Crippen LogP contribution in [0.15, 0.2) is 54.6 Å². The number of ether oxygens (including phenoxy) is 1. The van der Waals surface area contributed by atoms with Crippen molar-refractivity contribution in [3.8, 4) is 16.9 Å². The van der Waals surface area contributed by atoms with Crippen molar-refractivity contribution in [3.63, 3.8) is 0 Å². The van der Waals surface area contributed by atoms with Gasteiger partial charge in [-0.2, -0.15) is 0 Å². The number of anilines is 1. The van der Waals surface area contributed by atoms with Crippen molar-refractivity contribution in [1.29, 1.82) is 0 Å². The molecular weight excluding hydrogens is 543 g/mol.